The van der Waals surface area contributed by atoms with Crippen LogP contribution >= 0.6 is 15.9 Å². The van der Waals surface area contributed by atoms with E-state index >= 15 is 0 Å². The number of nitro groups is 1. The van der Waals surface area contributed by atoms with Crippen LogP contribution in [0, 0.1) is 21.3 Å². The third kappa shape index (κ3) is 3.15. The molecule has 21 heavy (non-hydrogen) atoms. The van der Waals surface area contributed by atoms with Crippen LogP contribution in [0.3, 0.4) is 0 Å². The molecule has 0 amide bonds. The van der Waals surface area contributed by atoms with E-state index in [2.05, 4.69) is 21.2 Å². The molecule has 2 N–H and O–H groups in total. The molecule has 1 saturated carbocycles. The first-order valence-electron chi connectivity index (χ1n) is 6.46. The number of halogens is 2. The number of nitrogens with one attached hydrogen (secondary N) is 1. The lowest BCUT2D eigenvalue weighted by atomic mass is 9.86. The fourth-order valence-corrected chi connectivity index (χ4v) is 2.94. The first-order chi connectivity index (χ1) is 9.85. The van der Waals surface area contributed by atoms with Gasteiger partial charge >= 0.3 is 5.97 Å². The van der Waals surface area contributed by atoms with Crippen molar-refractivity contribution < 1.29 is 19.2 Å². The quantitative estimate of drug-likeness (QED) is 0.618. The van der Waals surface area contributed by atoms with Crippen molar-refractivity contribution in [1.29, 1.82) is 0 Å². The van der Waals surface area contributed by atoms with Crippen LogP contribution in [0.15, 0.2) is 16.6 Å². The predicted molar refractivity (Wildman–Crippen MR) is 77.8 cm³/mol. The van der Waals surface area contributed by atoms with Crippen molar-refractivity contribution in [3.63, 3.8) is 0 Å². The first kappa shape index (κ1) is 15.7. The maximum Gasteiger partial charge on any atom is 0.311 e. The lowest BCUT2D eigenvalue weighted by Crippen LogP contribution is -2.35. The summed E-state index contributed by atoms with van der Waals surface area (Å²) in [6.45, 7) is 0.0459. The monoisotopic (exact) mass is 360 g/mol. The van der Waals surface area contributed by atoms with Gasteiger partial charge in [0.25, 0.3) is 5.69 Å². The Labute approximate surface area is 128 Å². The Morgan fingerprint density at radius 1 is 1.48 bits per heavy atom. The summed E-state index contributed by atoms with van der Waals surface area (Å²) in [5, 5.41) is 23.1. The standard InChI is InChI=1S/C13H14BrFN2O4/c14-8-5-11(17(20)21)10(6-9(8)15)16-7-13(12(18)19)3-1-2-4-13/h5-6,16H,1-4,7H2,(H,18,19). The lowest BCUT2D eigenvalue weighted by molar-refractivity contribution is -0.384. The Balaban J connectivity index is 2.25. The fraction of sp³-hybridized carbons (Fsp3) is 0.462. The molecule has 0 heterocycles. The summed E-state index contributed by atoms with van der Waals surface area (Å²) in [5.74, 6) is -1.56. The van der Waals surface area contributed by atoms with E-state index in [0.29, 0.717) is 12.8 Å². The third-order valence-corrected chi connectivity index (χ3v) is 4.47. The number of hydrogen-bond acceptors (Lipinski definition) is 4. The van der Waals surface area contributed by atoms with Crippen molar-refractivity contribution in [3.05, 3.63) is 32.5 Å². The molecule has 0 spiro atoms. The second kappa shape index (κ2) is 5.97. The molecule has 0 radical (unpaired) electrons. The summed E-state index contributed by atoms with van der Waals surface area (Å²) in [6.07, 6.45) is 2.65. The molecule has 114 valence electrons. The van der Waals surface area contributed by atoms with E-state index < -0.39 is 22.1 Å². The zero-order chi connectivity index (χ0) is 15.6. The molecule has 1 fully saturated rings. The predicted octanol–water partition coefficient (Wildman–Crippen LogP) is 3.55. The first-order valence-corrected chi connectivity index (χ1v) is 7.26. The van der Waals surface area contributed by atoms with Crippen LogP contribution in [-0.4, -0.2) is 22.5 Å². The Morgan fingerprint density at radius 2 is 2.10 bits per heavy atom. The number of rotatable bonds is 5. The number of aliphatic carboxylic acids is 1. The highest BCUT2D eigenvalue weighted by atomic mass is 79.9. The van der Waals surface area contributed by atoms with Crippen molar-refractivity contribution >= 4 is 33.3 Å². The second-order valence-electron chi connectivity index (χ2n) is 5.19. The maximum absolute atomic E-state index is 13.6. The van der Waals surface area contributed by atoms with Gasteiger partial charge in [-0.25, -0.2) is 4.39 Å². The summed E-state index contributed by atoms with van der Waals surface area (Å²) in [6, 6.07) is 2.08. The summed E-state index contributed by atoms with van der Waals surface area (Å²) >= 11 is 2.90. The SMILES string of the molecule is O=C(O)C1(CNc2cc(F)c(Br)cc2[N+](=O)[O-])CCCC1. The number of carbonyl (C=O) groups is 1. The normalized spacial score (nSPS) is 16.7. The summed E-state index contributed by atoms with van der Waals surface area (Å²) in [4.78, 5) is 21.8. The number of hydrogen-bond donors (Lipinski definition) is 2. The minimum Gasteiger partial charge on any atom is -0.481 e. The smallest absolute Gasteiger partial charge is 0.311 e. The van der Waals surface area contributed by atoms with Gasteiger partial charge in [-0.15, -0.1) is 0 Å². The Bertz CT molecular complexity index is 588. The van der Waals surface area contributed by atoms with Crippen LogP contribution in [0.25, 0.3) is 0 Å². The van der Waals surface area contributed by atoms with Gasteiger partial charge in [0, 0.05) is 18.7 Å². The number of nitro benzene ring substituents is 1. The van der Waals surface area contributed by atoms with Gasteiger partial charge in [0.1, 0.15) is 11.5 Å². The molecule has 0 saturated heterocycles. The highest BCUT2D eigenvalue weighted by Gasteiger charge is 2.41. The zero-order valence-electron chi connectivity index (χ0n) is 11.1. The van der Waals surface area contributed by atoms with Gasteiger partial charge < -0.3 is 10.4 Å². The van der Waals surface area contributed by atoms with E-state index in [9.17, 15) is 24.4 Å². The minimum atomic E-state index is -0.933. The highest BCUT2D eigenvalue weighted by molar-refractivity contribution is 9.10. The number of nitrogens with zero attached hydrogens (tertiary/aromatic N) is 1. The van der Waals surface area contributed by atoms with Crippen LogP contribution in [0.2, 0.25) is 0 Å². The Kier molecular flexibility index (Phi) is 4.46. The molecule has 1 aromatic carbocycles. The number of carboxylic acid groups (broad SMARTS) is 1. The van der Waals surface area contributed by atoms with Crippen molar-refractivity contribution in [1.82, 2.24) is 0 Å². The molecule has 1 aromatic rings. The van der Waals surface area contributed by atoms with Crippen LogP contribution < -0.4 is 5.32 Å². The number of anilines is 1. The summed E-state index contributed by atoms with van der Waals surface area (Å²) < 4.78 is 13.5. The average Bonchev–Trinajstić information content (AvgIpc) is 2.89. The Hall–Kier alpha value is -1.70. The molecule has 0 aromatic heterocycles. The molecule has 0 bridgehead atoms. The molecule has 0 unspecified atom stereocenters. The molecular weight excluding hydrogens is 347 g/mol. The van der Waals surface area contributed by atoms with Gasteiger partial charge in [0.05, 0.1) is 14.8 Å². The molecule has 2 rings (SSSR count). The second-order valence-corrected chi connectivity index (χ2v) is 6.04. The van der Waals surface area contributed by atoms with Crippen LogP contribution in [0.5, 0.6) is 0 Å². The van der Waals surface area contributed by atoms with E-state index in [1.807, 2.05) is 0 Å². The maximum atomic E-state index is 13.6. The van der Waals surface area contributed by atoms with Crippen molar-refractivity contribution in [2.24, 2.45) is 5.41 Å². The van der Waals surface area contributed by atoms with E-state index in [1.165, 1.54) is 0 Å². The summed E-state index contributed by atoms with van der Waals surface area (Å²) in [5.41, 5.74) is -1.23. The van der Waals surface area contributed by atoms with Gasteiger partial charge in [0.2, 0.25) is 0 Å². The molecule has 1 aliphatic rings. The minimum absolute atomic E-state index is 0.00596. The van der Waals surface area contributed by atoms with Gasteiger partial charge in [-0.1, -0.05) is 12.8 Å². The Morgan fingerprint density at radius 3 is 2.62 bits per heavy atom. The van der Waals surface area contributed by atoms with Crippen molar-refractivity contribution in [2.45, 2.75) is 25.7 Å². The topological polar surface area (TPSA) is 92.5 Å². The lowest BCUT2D eigenvalue weighted by Gasteiger charge is -2.24. The van der Waals surface area contributed by atoms with Gasteiger partial charge in [0.15, 0.2) is 0 Å². The van der Waals surface area contributed by atoms with Crippen LogP contribution in [0.4, 0.5) is 15.8 Å². The highest BCUT2D eigenvalue weighted by Crippen LogP contribution is 2.39. The molecule has 1 aliphatic carbocycles. The van der Waals surface area contributed by atoms with Crippen LogP contribution in [0.1, 0.15) is 25.7 Å². The van der Waals surface area contributed by atoms with E-state index in [0.717, 1.165) is 25.0 Å². The summed E-state index contributed by atoms with van der Waals surface area (Å²) in [7, 11) is 0. The zero-order valence-corrected chi connectivity index (χ0v) is 12.7. The molecule has 0 aliphatic heterocycles. The van der Waals surface area contributed by atoms with E-state index in [1.54, 1.807) is 0 Å². The molecule has 0 atom stereocenters. The third-order valence-electron chi connectivity index (χ3n) is 3.87. The van der Waals surface area contributed by atoms with Gasteiger partial charge in [-0.05, 0) is 28.8 Å². The molecule has 8 heteroatoms. The molecule has 6 nitrogen and oxygen atoms in total. The van der Waals surface area contributed by atoms with Crippen LogP contribution in [-0.2, 0) is 4.79 Å². The van der Waals surface area contributed by atoms with Gasteiger partial charge in [-0.2, -0.15) is 0 Å². The largest absolute Gasteiger partial charge is 0.481 e. The van der Waals surface area contributed by atoms with Gasteiger partial charge in [-0.3, -0.25) is 14.9 Å². The number of benzene rings is 1. The average molecular weight is 361 g/mol. The number of carboxylic acids is 1. The van der Waals surface area contributed by atoms with Crippen molar-refractivity contribution in [3.8, 4) is 0 Å². The van der Waals surface area contributed by atoms with Crippen molar-refractivity contribution in [2.75, 3.05) is 11.9 Å². The molecular formula is C13H14BrFN2O4. The fourth-order valence-electron chi connectivity index (χ4n) is 2.61. The van der Waals surface area contributed by atoms with E-state index in [-0.39, 0.29) is 22.4 Å². The van der Waals surface area contributed by atoms with E-state index in [4.69, 9.17) is 0 Å².